The number of carbonyl (C=O) groups excluding carboxylic acids is 2. The molecule has 0 radical (unpaired) electrons. The summed E-state index contributed by atoms with van der Waals surface area (Å²) in [5, 5.41) is 3.12. The van der Waals surface area contributed by atoms with Crippen molar-refractivity contribution in [2.75, 3.05) is 50.1 Å². The molecule has 0 spiro atoms. The van der Waals surface area contributed by atoms with Gasteiger partial charge in [0.15, 0.2) is 5.78 Å². The zero-order valence-corrected chi connectivity index (χ0v) is 15.8. The topological polar surface area (TPSA) is 61.9 Å². The van der Waals surface area contributed by atoms with Gasteiger partial charge in [-0.2, -0.15) is 0 Å². The number of anilines is 2. The van der Waals surface area contributed by atoms with E-state index in [1.54, 1.807) is 19.2 Å². The number of hydrogen-bond acceptors (Lipinski definition) is 5. The Labute approximate surface area is 159 Å². The molecule has 142 valence electrons. The molecule has 0 aliphatic carbocycles. The molecule has 2 aromatic rings. The summed E-state index contributed by atoms with van der Waals surface area (Å²) >= 11 is 0. The van der Waals surface area contributed by atoms with E-state index in [1.807, 2.05) is 41.3 Å². The fourth-order valence-corrected chi connectivity index (χ4v) is 3.14. The van der Waals surface area contributed by atoms with Crippen LogP contribution < -0.4 is 15.0 Å². The van der Waals surface area contributed by atoms with Gasteiger partial charge in [-0.05, 0) is 43.3 Å². The maximum Gasteiger partial charge on any atom is 0.241 e. The normalized spacial score (nSPS) is 14.0. The van der Waals surface area contributed by atoms with Gasteiger partial charge >= 0.3 is 0 Å². The number of benzene rings is 2. The number of nitrogens with one attached hydrogen (secondary N) is 1. The summed E-state index contributed by atoms with van der Waals surface area (Å²) in [5.41, 5.74) is 2.57. The lowest BCUT2D eigenvalue weighted by atomic mass is 10.1. The SMILES string of the molecule is COc1ccc(N2CCN(C(=O)CNc3cccc(C(C)=O)c3)CC2)cc1. The van der Waals surface area contributed by atoms with Crippen LogP contribution in [0.3, 0.4) is 0 Å². The van der Waals surface area contributed by atoms with Gasteiger partial charge in [-0.25, -0.2) is 0 Å². The number of carbonyl (C=O) groups is 2. The van der Waals surface area contributed by atoms with Crippen LogP contribution in [0.15, 0.2) is 48.5 Å². The molecule has 0 aromatic heterocycles. The zero-order chi connectivity index (χ0) is 19.2. The monoisotopic (exact) mass is 367 g/mol. The largest absolute Gasteiger partial charge is 0.497 e. The second kappa shape index (κ2) is 8.58. The van der Waals surface area contributed by atoms with Crippen LogP contribution in [0, 0.1) is 0 Å². The molecule has 1 aliphatic rings. The lowest BCUT2D eigenvalue weighted by Gasteiger charge is -2.36. The summed E-state index contributed by atoms with van der Waals surface area (Å²) < 4.78 is 5.19. The van der Waals surface area contributed by atoms with Crippen LogP contribution >= 0.6 is 0 Å². The third-order valence-corrected chi connectivity index (χ3v) is 4.78. The Balaban J connectivity index is 1.49. The molecule has 1 aliphatic heterocycles. The van der Waals surface area contributed by atoms with Gasteiger partial charge in [-0.1, -0.05) is 12.1 Å². The summed E-state index contributed by atoms with van der Waals surface area (Å²) in [6, 6.07) is 15.2. The minimum atomic E-state index is 0.0135. The van der Waals surface area contributed by atoms with Crippen LogP contribution in [-0.2, 0) is 4.79 Å². The van der Waals surface area contributed by atoms with E-state index in [4.69, 9.17) is 4.74 Å². The van der Waals surface area contributed by atoms with E-state index in [1.165, 1.54) is 6.92 Å². The fourth-order valence-electron chi connectivity index (χ4n) is 3.14. The van der Waals surface area contributed by atoms with Crippen LogP contribution in [0.2, 0.25) is 0 Å². The summed E-state index contributed by atoms with van der Waals surface area (Å²) in [6.07, 6.45) is 0. The number of Topliss-reactive ketones (excluding diaryl/α,β-unsaturated/α-hetero) is 1. The molecule has 1 heterocycles. The smallest absolute Gasteiger partial charge is 0.241 e. The molecule has 0 saturated carbocycles. The predicted octanol–water partition coefficient (Wildman–Crippen LogP) is 2.66. The average molecular weight is 367 g/mol. The molecular weight excluding hydrogens is 342 g/mol. The average Bonchev–Trinajstić information content (AvgIpc) is 2.72. The highest BCUT2D eigenvalue weighted by molar-refractivity contribution is 5.95. The quantitative estimate of drug-likeness (QED) is 0.796. The van der Waals surface area contributed by atoms with Crippen molar-refractivity contribution in [3.05, 3.63) is 54.1 Å². The summed E-state index contributed by atoms with van der Waals surface area (Å²) in [5.74, 6) is 0.921. The van der Waals surface area contributed by atoms with E-state index in [9.17, 15) is 9.59 Å². The maximum atomic E-state index is 12.5. The minimum absolute atomic E-state index is 0.0135. The zero-order valence-electron chi connectivity index (χ0n) is 15.8. The Hall–Kier alpha value is -3.02. The first-order valence-electron chi connectivity index (χ1n) is 9.08. The number of ether oxygens (including phenoxy) is 1. The summed E-state index contributed by atoms with van der Waals surface area (Å²) in [7, 11) is 1.66. The second-order valence-electron chi connectivity index (χ2n) is 6.56. The summed E-state index contributed by atoms with van der Waals surface area (Å²) in [4.78, 5) is 28.1. The Morgan fingerprint density at radius 2 is 1.74 bits per heavy atom. The van der Waals surface area contributed by atoms with E-state index in [0.717, 1.165) is 30.2 Å². The first-order chi connectivity index (χ1) is 13.1. The van der Waals surface area contributed by atoms with Gasteiger partial charge in [0.1, 0.15) is 5.75 Å². The molecule has 6 nitrogen and oxygen atoms in total. The highest BCUT2D eigenvalue weighted by atomic mass is 16.5. The molecule has 6 heteroatoms. The van der Waals surface area contributed by atoms with E-state index in [2.05, 4.69) is 10.2 Å². The van der Waals surface area contributed by atoms with Crippen LogP contribution in [0.1, 0.15) is 17.3 Å². The molecule has 0 atom stereocenters. The van der Waals surface area contributed by atoms with E-state index in [0.29, 0.717) is 18.7 Å². The van der Waals surface area contributed by atoms with Gasteiger partial charge in [0.05, 0.1) is 13.7 Å². The Morgan fingerprint density at radius 1 is 1.04 bits per heavy atom. The molecule has 3 rings (SSSR count). The van der Waals surface area contributed by atoms with Gasteiger partial charge in [-0.15, -0.1) is 0 Å². The van der Waals surface area contributed by atoms with Crippen molar-refractivity contribution in [2.24, 2.45) is 0 Å². The van der Waals surface area contributed by atoms with Crippen molar-refractivity contribution in [1.29, 1.82) is 0 Å². The molecule has 1 fully saturated rings. The van der Waals surface area contributed by atoms with Gasteiger partial charge in [0.25, 0.3) is 0 Å². The van der Waals surface area contributed by atoms with Crippen LogP contribution in [0.25, 0.3) is 0 Å². The van der Waals surface area contributed by atoms with Crippen molar-refractivity contribution in [3.8, 4) is 5.75 Å². The predicted molar refractivity (Wildman–Crippen MR) is 107 cm³/mol. The Bertz CT molecular complexity index is 797. The van der Waals surface area contributed by atoms with Crippen molar-refractivity contribution in [3.63, 3.8) is 0 Å². The highest BCUT2D eigenvalue weighted by Gasteiger charge is 2.21. The number of rotatable bonds is 6. The third-order valence-electron chi connectivity index (χ3n) is 4.78. The molecule has 0 unspecified atom stereocenters. The van der Waals surface area contributed by atoms with E-state index in [-0.39, 0.29) is 18.2 Å². The Kier molecular flexibility index (Phi) is 5.96. The van der Waals surface area contributed by atoms with E-state index < -0.39 is 0 Å². The van der Waals surface area contributed by atoms with Crippen molar-refractivity contribution >= 4 is 23.1 Å². The maximum absolute atomic E-state index is 12.5. The third kappa shape index (κ3) is 4.78. The van der Waals surface area contributed by atoms with Crippen LogP contribution in [0.5, 0.6) is 5.75 Å². The molecule has 2 aromatic carbocycles. The number of piperazine rings is 1. The van der Waals surface area contributed by atoms with Crippen LogP contribution in [0.4, 0.5) is 11.4 Å². The molecular formula is C21H25N3O3. The van der Waals surface area contributed by atoms with Gasteiger partial charge in [0.2, 0.25) is 5.91 Å². The first kappa shape index (κ1) is 18.8. The highest BCUT2D eigenvalue weighted by Crippen LogP contribution is 2.20. The van der Waals surface area contributed by atoms with Gasteiger partial charge in [-0.3, -0.25) is 9.59 Å². The second-order valence-corrected chi connectivity index (χ2v) is 6.56. The van der Waals surface area contributed by atoms with Crippen molar-refractivity contribution in [2.45, 2.75) is 6.92 Å². The standard InChI is InChI=1S/C21H25N3O3/c1-16(25)17-4-3-5-18(14-17)22-15-21(26)24-12-10-23(11-13-24)19-6-8-20(27-2)9-7-19/h3-9,14,22H,10-13,15H2,1-2H3. The van der Waals surface area contributed by atoms with Crippen LogP contribution in [-0.4, -0.2) is 56.4 Å². The number of hydrogen-bond donors (Lipinski definition) is 1. The molecule has 0 bridgehead atoms. The van der Waals surface area contributed by atoms with Crippen molar-refractivity contribution in [1.82, 2.24) is 4.90 Å². The Morgan fingerprint density at radius 3 is 2.37 bits per heavy atom. The van der Waals surface area contributed by atoms with Gasteiger partial charge < -0.3 is 19.9 Å². The first-order valence-corrected chi connectivity index (χ1v) is 9.08. The fraction of sp³-hybridized carbons (Fsp3) is 0.333. The van der Waals surface area contributed by atoms with Crippen molar-refractivity contribution < 1.29 is 14.3 Å². The molecule has 27 heavy (non-hydrogen) atoms. The number of ketones is 1. The lowest BCUT2D eigenvalue weighted by Crippen LogP contribution is -2.50. The molecule has 1 saturated heterocycles. The number of nitrogens with zero attached hydrogens (tertiary/aromatic N) is 2. The molecule has 1 N–H and O–H groups in total. The number of methoxy groups -OCH3 is 1. The minimum Gasteiger partial charge on any atom is -0.497 e. The van der Waals surface area contributed by atoms with Gasteiger partial charge in [0, 0.05) is 43.1 Å². The van der Waals surface area contributed by atoms with E-state index >= 15 is 0 Å². The summed E-state index contributed by atoms with van der Waals surface area (Å²) in [6.45, 7) is 4.76. The number of amides is 1. The molecule has 1 amide bonds. The lowest BCUT2D eigenvalue weighted by molar-refractivity contribution is -0.129.